The summed E-state index contributed by atoms with van der Waals surface area (Å²) in [5.41, 5.74) is 3.83. The maximum absolute atomic E-state index is 12.8. The SMILES string of the molecule is CC(I)N1CCc2cc(C(=O)NC3CCC(Oc4ccc(C#N)c(Cl)c4)CC3)ccc2C1. The van der Waals surface area contributed by atoms with Crippen molar-refractivity contribution >= 4 is 40.1 Å². The molecule has 1 N–H and O–H groups in total. The Morgan fingerprint density at radius 2 is 2.00 bits per heavy atom. The third kappa shape index (κ3) is 5.56. The molecule has 4 rings (SSSR count). The second-order valence-electron chi connectivity index (χ2n) is 8.60. The van der Waals surface area contributed by atoms with Gasteiger partial charge in [0.1, 0.15) is 11.8 Å². The van der Waals surface area contributed by atoms with Gasteiger partial charge >= 0.3 is 0 Å². The first-order chi connectivity index (χ1) is 15.4. The highest BCUT2D eigenvalue weighted by molar-refractivity contribution is 14.1. The number of carbonyl (C=O) groups excluding carboxylic acids is 1. The van der Waals surface area contributed by atoms with Crippen molar-refractivity contribution in [1.29, 1.82) is 5.26 Å². The molecule has 1 unspecified atom stereocenters. The molecule has 2 aromatic rings. The van der Waals surface area contributed by atoms with Crippen LogP contribution in [-0.2, 0) is 13.0 Å². The zero-order chi connectivity index (χ0) is 22.7. The number of nitrogens with zero attached hydrogens (tertiary/aromatic N) is 2. The van der Waals surface area contributed by atoms with Crippen molar-refractivity contribution < 1.29 is 9.53 Å². The summed E-state index contributed by atoms with van der Waals surface area (Å²) in [6.45, 7) is 4.21. The smallest absolute Gasteiger partial charge is 0.251 e. The van der Waals surface area contributed by atoms with E-state index in [2.05, 4.69) is 57.9 Å². The first-order valence-corrected chi connectivity index (χ1v) is 12.7. The first-order valence-electron chi connectivity index (χ1n) is 11.1. The monoisotopic (exact) mass is 563 g/mol. The summed E-state index contributed by atoms with van der Waals surface area (Å²) < 4.78 is 6.56. The van der Waals surface area contributed by atoms with Crippen molar-refractivity contribution in [2.45, 2.75) is 61.8 Å². The lowest BCUT2D eigenvalue weighted by Gasteiger charge is -2.31. The number of nitrogens with one attached hydrogen (secondary N) is 1. The van der Waals surface area contributed by atoms with Crippen molar-refractivity contribution in [3.05, 3.63) is 63.7 Å². The molecule has 1 atom stereocenters. The van der Waals surface area contributed by atoms with Crippen LogP contribution in [-0.4, -0.2) is 33.5 Å². The lowest BCUT2D eigenvalue weighted by atomic mass is 9.92. The highest BCUT2D eigenvalue weighted by atomic mass is 127. The highest BCUT2D eigenvalue weighted by Crippen LogP contribution is 2.28. The lowest BCUT2D eigenvalue weighted by molar-refractivity contribution is 0.0893. The van der Waals surface area contributed by atoms with Gasteiger partial charge in [0.15, 0.2) is 0 Å². The number of alkyl halides is 1. The van der Waals surface area contributed by atoms with Gasteiger partial charge in [0.25, 0.3) is 5.91 Å². The summed E-state index contributed by atoms with van der Waals surface area (Å²) in [4.78, 5) is 15.3. The molecule has 1 amide bonds. The molecule has 1 heterocycles. The Morgan fingerprint density at radius 1 is 1.22 bits per heavy atom. The first kappa shape index (κ1) is 23.3. The number of hydrogen-bond donors (Lipinski definition) is 1. The van der Waals surface area contributed by atoms with Crippen LogP contribution in [0.1, 0.15) is 59.7 Å². The minimum absolute atomic E-state index is 0.0146. The quantitative estimate of drug-likeness (QED) is 0.298. The summed E-state index contributed by atoms with van der Waals surface area (Å²) in [7, 11) is 0. The maximum Gasteiger partial charge on any atom is 0.251 e. The Morgan fingerprint density at radius 3 is 2.69 bits per heavy atom. The predicted octanol–water partition coefficient (Wildman–Crippen LogP) is 5.47. The minimum atomic E-state index is 0.0146. The average molecular weight is 564 g/mol. The van der Waals surface area contributed by atoms with Crippen molar-refractivity contribution in [3.8, 4) is 11.8 Å². The fourth-order valence-electron chi connectivity index (χ4n) is 4.47. The fraction of sp³-hybridized carbons (Fsp3) is 0.440. The maximum atomic E-state index is 12.8. The third-order valence-electron chi connectivity index (χ3n) is 6.39. The molecule has 7 heteroatoms. The van der Waals surface area contributed by atoms with E-state index in [-0.39, 0.29) is 18.1 Å². The molecule has 0 aromatic heterocycles. The van der Waals surface area contributed by atoms with Crippen molar-refractivity contribution in [1.82, 2.24) is 10.2 Å². The largest absolute Gasteiger partial charge is 0.490 e. The van der Waals surface area contributed by atoms with E-state index in [4.69, 9.17) is 21.6 Å². The molecule has 1 saturated carbocycles. The molecule has 0 spiro atoms. The van der Waals surface area contributed by atoms with Gasteiger partial charge in [-0.3, -0.25) is 9.69 Å². The highest BCUT2D eigenvalue weighted by Gasteiger charge is 2.25. The summed E-state index contributed by atoms with van der Waals surface area (Å²) in [6, 6.07) is 13.5. The molecule has 0 saturated heterocycles. The van der Waals surface area contributed by atoms with Gasteiger partial charge in [0, 0.05) is 30.8 Å². The molecule has 1 fully saturated rings. The van der Waals surface area contributed by atoms with Crippen molar-refractivity contribution in [3.63, 3.8) is 0 Å². The van der Waals surface area contributed by atoms with E-state index >= 15 is 0 Å². The van der Waals surface area contributed by atoms with E-state index in [1.807, 2.05) is 6.07 Å². The van der Waals surface area contributed by atoms with Crippen LogP contribution in [0, 0.1) is 11.3 Å². The standard InChI is InChI=1S/C25H27ClIN3O2/c1-16(27)30-11-10-17-12-18(2-3-20(17)15-30)25(31)29-21-5-8-22(9-6-21)32-23-7-4-19(14-28)24(26)13-23/h2-4,7,12-13,16,21-22H,5-6,8-11,15H2,1H3,(H,29,31). The van der Waals surface area contributed by atoms with Gasteiger partial charge in [-0.05, 0) is 74.4 Å². The summed E-state index contributed by atoms with van der Waals surface area (Å²) in [6.07, 6.45) is 4.60. The van der Waals surface area contributed by atoms with E-state index in [1.165, 1.54) is 11.1 Å². The second-order valence-corrected chi connectivity index (χ2v) is 10.8. The van der Waals surface area contributed by atoms with E-state index < -0.39 is 0 Å². The Labute approximate surface area is 208 Å². The van der Waals surface area contributed by atoms with Crippen LogP contribution in [0.4, 0.5) is 0 Å². The zero-order valence-electron chi connectivity index (χ0n) is 18.1. The van der Waals surface area contributed by atoms with Gasteiger partial charge in [-0.25, -0.2) is 0 Å². The van der Waals surface area contributed by atoms with E-state index in [9.17, 15) is 4.79 Å². The number of rotatable bonds is 5. The van der Waals surface area contributed by atoms with Gasteiger partial charge < -0.3 is 10.1 Å². The van der Waals surface area contributed by atoms with Crippen molar-refractivity contribution in [2.75, 3.05) is 6.54 Å². The lowest BCUT2D eigenvalue weighted by Crippen LogP contribution is -2.40. The van der Waals surface area contributed by atoms with Crippen LogP contribution < -0.4 is 10.1 Å². The molecule has 1 aliphatic heterocycles. The second kappa shape index (κ2) is 10.4. The number of halogens is 2. The van der Waals surface area contributed by atoms with Gasteiger partial charge in [0.05, 0.1) is 20.7 Å². The number of carbonyl (C=O) groups is 1. The van der Waals surface area contributed by atoms with Gasteiger partial charge in [-0.2, -0.15) is 5.26 Å². The molecular weight excluding hydrogens is 537 g/mol. The van der Waals surface area contributed by atoms with Gasteiger partial charge in [-0.15, -0.1) is 0 Å². The van der Waals surface area contributed by atoms with Crippen LogP contribution >= 0.6 is 34.2 Å². The molecule has 5 nitrogen and oxygen atoms in total. The number of benzene rings is 2. The van der Waals surface area contributed by atoms with E-state index in [0.717, 1.165) is 50.8 Å². The zero-order valence-corrected chi connectivity index (χ0v) is 21.0. The average Bonchev–Trinajstić information content (AvgIpc) is 2.79. The summed E-state index contributed by atoms with van der Waals surface area (Å²) >= 11 is 8.55. The van der Waals surface area contributed by atoms with Crippen LogP contribution in [0.3, 0.4) is 0 Å². The predicted molar refractivity (Wildman–Crippen MR) is 134 cm³/mol. The van der Waals surface area contributed by atoms with Crippen molar-refractivity contribution in [2.24, 2.45) is 0 Å². The molecule has 0 bridgehead atoms. The number of amides is 1. The van der Waals surface area contributed by atoms with E-state index in [0.29, 0.717) is 20.4 Å². The normalized spacial score (nSPS) is 21.8. The van der Waals surface area contributed by atoms with E-state index in [1.54, 1.807) is 18.2 Å². The van der Waals surface area contributed by atoms with Crippen LogP contribution in [0.5, 0.6) is 5.75 Å². The van der Waals surface area contributed by atoms with Gasteiger partial charge in [0.2, 0.25) is 0 Å². The Bertz CT molecular complexity index is 1030. The molecular formula is C25H27ClIN3O2. The number of hydrogen-bond acceptors (Lipinski definition) is 4. The number of fused-ring (bicyclic) bond motifs is 1. The van der Waals surface area contributed by atoms with Crippen LogP contribution in [0.15, 0.2) is 36.4 Å². The number of nitriles is 1. The molecule has 2 aliphatic rings. The Hall–Kier alpha value is -1.82. The number of ether oxygens (including phenoxy) is 1. The van der Waals surface area contributed by atoms with Crippen LogP contribution in [0.2, 0.25) is 5.02 Å². The summed E-state index contributed by atoms with van der Waals surface area (Å²) in [5.74, 6) is 0.701. The van der Waals surface area contributed by atoms with Crippen LogP contribution in [0.25, 0.3) is 0 Å². The van der Waals surface area contributed by atoms with Gasteiger partial charge in [-0.1, -0.05) is 40.3 Å². The molecule has 1 aliphatic carbocycles. The Balaban J connectivity index is 1.28. The fourth-order valence-corrected chi connectivity index (χ4v) is 5.15. The Kier molecular flexibility index (Phi) is 7.59. The molecule has 0 radical (unpaired) electrons. The third-order valence-corrected chi connectivity index (χ3v) is 7.49. The topological polar surface area (TPSA) is 65.4 Å². The minimum Gasteiger partial charge on any atom is -0.490 e. The molecule has 32 heavy (non-hydrogen) atoms. The molecule has 168 valence electrons. The molecule has 2 aromatic carbocycles. The summed E-state index contributed by atoms with van der Waals surface area (Å²) in [5, 5.41) is 12.6.